The number of piperidine rings is 1. The quantitative estimate of drug-likeness (QED) is 0.579. The van der Waals surface area contributed by atoms with Gasteiger partial charge in [0.2, 0.25) is 10.0 Å². The van der Waals surface area contributed by atoms with Crippen molar-refractivity contribution in [3.8, 4) is 0 Å². The summed E-state index contributed by atoms with van der Waals surface area (Å²) in [5.41, 5.74) is 0.935. The van der Waals surface area contributed by atoms with E-state index in [-0.39, 0.29) is 22.5 Å². The third-order valence-electron chi connectivity index (χ3n) is 4.65. The van der Waals surface area contributed by atoms with Crippen LogP contribution in [0.15, 0.2) is 47.4 Å². The number of nitro benzene ring substituents is 1. The maximum absolute atomic E-state index is 12.9. The van der Waals surface area contributed by atoms with E-state index in [1.807, 2.05) is 4.90 Å². The van der Waals surface area contributed by atoms with Gasteiger partial charge in [-0.25, -0.2) is 17.9 Å². The molecule has 0 spiro atoms. The molecule has 8 nitrogen and oxygen atoms in total. The molecule has 28 heavy (non-hydrogen) atoms. The van der Waals surface area contributed by atoms with Crippen LogP contribution in [-0.4, -0.2) is 32.5 Å². The Kier molecular flexibility index (Phi) is 5.92. The van der Waals surface area contributed by atoms with Gasteiger partial charge < -0.3 is 9.64 Å². The van der Waals surface area contributed by atoms with Crippen LogP contribution in [-0.2, 0) is 21.4 Å². The molecule has 0 atom stereocenters. The van der Waals surface area contributed by atoms with E-state index >= 15 is 0 Å². The SMILES string of the molecule is NS(=O)(=O)c1ccc(N2CCC(OCc3ccc(F)cc3)CC2)c([N+](=O)[O-])c1. The Hall–Kier alpha value is -2.56. The lowest BCUT2D eigenvalue weighted by molar-refractivity contribution is -0.384. The molecule has 2 aromatic carbocycles. The molecule has 1 aliphatic heterocycles. The fourth-order valence-electron chi connectivity index (χ4n) is 3.15. The highest BCUT2D eigenvalue weighted by Crippen LogP contribution is 2.32. The van der Waals surface area contributed by atoms with Crippen LogP contribution in [0, 0.1) is 15.9 Å². The molecular formula is C18H20FN3O5S. The van der Waals surface area contributed by atoms with Gasteiger partial charge in [-0.2, -0.15) is 0 Å². The number of nitrogens with zero attached hydrogens (tertiary/aromatic N) is 2. The molecule has 0 saturated carbocycles. The van der Waals surface area contributed by atoms with Crippen LogP contribution in [0.3, 0.4) is 0 Å². The van der Waals surface area contributed by atoms with E-state index in [1.54, 1.807) is 12.1 Å². The Morgan fingerprint density at radius 1 is 1.18 bits per heavy atom. The summed E-state index contributed by atoms with van der Waals surface area (Å²) in [6.45, 7) is 1.43. The van der Waals surface area contributed by atoms with Crippen LogP contribution in [0.2, 0.25) is 0 Å². The Bertz CT molecular complexity index is 958. The molecule has 0 radical (unpaired) electrons. The number of nitro groups is 1. The first-order chi connectivity index (χ1) is 13.2. The zero-order valence-corrected chi connectivity index (χ0v) is 15.8. The summed E-state index contributed by atoms with van der Waals surface area (Å²) in [5, 5.41) is 16.4. The first-order valence-corrected chi connectivity index (χ1v) is 10.2. The Morgan fingerprint density at radius 3 is 2.39 bits per heavy atom. The number of hydrogen-bond acceptors (Lipinski definition) is 6. The molecule has 2 aromatic rings. The molecular weight excluding hydrogens is 389 g/mol. The number of rotatable bonds is 6. The molecule has 10 heteroatoms. The summed E-state index contributed by atoms with van der Waals surface area (Å²) in [5.74, 6) is -0.299. The second kappa shape index (κ2) is 8.21. The average molecular weight is 409 g/mol. The van der Waals surface area contributed by atoms with Gasteiger partial charge in [0.15, 0.2) is 0 Å². The summed E-state index contributed by atoms with van der Waals surface area (Å²) in [6.07, 6.45) is 1.31. The van der Waals surface area contributed by atoms with Gasteiger partial charge in [0, 0.05) is 19.2 Å². The van der Waals surface area contributed by atoms with Crippen molar-refractivity contribution >= 4 is 21.4 Å². The minimum absolute atomic E-state index is 0.0101. The number of anilines is 1. The van der Waals surface area contributed by atoms with Gasteiger partial charge in [0.1, 0.15) is 11.5 Å². The summed E-state index contributed by atoms with van der Waals surface area (Å²) in [4.78, 5) is 12.3. The topological polar surface area (TPSA) is 116 Å². The highest BCUT2D eigenvalue weighted by molar-refractivity contribution is 7.89. The van der Waals surface area contributed by atoms with Crippen LogP contribution < -0.4 is 10.0 Å². The average Bonchev–Trinajstić information content (AvgIpc) is 2.67. The minimum Gasteiger partial charge on any atom is -0.373 e. The van der Waals surface area contributed by atoms with Crippen LogP contribution >= 0.6 is 0 Å². The number of nitrogens with two attached hydrogens (primary N) is 1. The molecule has 0 bridgehead atoms. The van der Waals surface area contributed by atoms with E-state index in [2.05, 4.69) is 0 Å². The van der Waals surface area contributed by atoms with Crippen LogP contribution in [0.25, 0.3) is 0 Å². The Morgan fingerprint density at radius 2 is 1.82 bits per heavy atom. The van der Waals surface area contributed by atoms with Crippen molar-refractivity contribution in [1.29, 1.82) is 0 Å². The van der Waals surface area contributed by atoms with E-state index in [0.29, 0.717) is 38.2 Å². The predicted molar refractivity (Wildman–Crippen MR) is 101 cm³/mol. The second-order valence-corrected chi connectivity index (χ2v) is 8.14. The Balaban J connectivity index is 1.64. The summed E-state index contributed by atoms with van der Waals surface area (Å²) in [7, 11) is -4.02. The fraction of sp³-hybridized carbons (Fsp3) is 0.333. The van der Waals surface area contributed by atoms with Gasteiger partial charge in [-0.3, -0.25) is 10.1 Å². The summed E-state index contributed by atoms with van der Waals surface area (Å²) in [6, 6.07) is 9.77. The molecule has 3 rings (SSSR count). The van der Waals surface area contributed by atoms with Crippen molar-refractivity contribution in [2.45, 2.75) is 30.4 Å². The molecule has 0 aromatic heterocycles. The maximum Gasteiger partial charge on any atom is 0.293 e. The lowest BCUT2D eigenvalue weighted by Gasteiger charge is -2.33. The predicted octanol–water partition coefficient (Wildman–Crippen LogP) is 2.57. The molecule has 1 saturated heterocycles. The van der Waals surface area contributed by atoms with Gasteiger partial charge >= 0.3 is 0 Å². The number of benzene rings is 2. The third kappa shape index (κ3) is 4.83. The van der Waals surface area contributed by atoms with E-state index < -0.39 is 14.9 Å². The van der Waals surface area contributed by atoms with Gasteiger partial charge in [-0.05, 0) is 42.7 Å². The number of ether oxygens (including phenoxy) is 1. The minimum atomic E-state index is -4.02. The highest BCUT2D eigenvalue weighted by Gasteiger charge is 2.26. The first kappa shape index (κ1) is 20.2. The van der Waals surface area contributed by atoms with Crippen LogP contribution in [0.5, 0.6) is 0 Å². The fourth-order valence-corrected chi connectivity index (χ4v) is 3.69. The largest absolute Gasteiger partial charge is 0.373 e. The van der Waals surface area contributed by atoms with Crippen LogP contribution in [0.4, 0.5) is 15.8 Å². The number of sulfonamides is 1. The molecule has 0 unspecified atom stereocenters. The lowest BCUT2D eigenvalue weighted by atomic mass is 10.1. The van der Waals surface area contributed by atoms with E-state index in [1.165, 1.54) is 24.3 Å². The van der Waals surface area contributed by atoms with Crippen molar-refractivity contribution < 1.29 is 22.5 Å². The van der Waals surface area contributed by atoms with Gasteiger partial charge in [0.05, 0.1) is 22.5 Å². The van der Waals surface area contributed by atoms with Crippen molar-refractivity contribution in [2.24, 2.45) is 5.14 Å². The molecule has 1 fully saturated rings. The van der Waals surface area contributed by atoms with Gasteiger partial charge in [0.25, 0.3) is 5.69 Å². The second-order valence-electron chi connectivity index (χ2n) is 6.58. The summed E-state index contributed by atoms with van der Waals surface area (Å²) < 4.78 is 41.7. The zero-order chi connectivity index (χ0) is 20.3. The zero-order valence-electron chi connectivity index (χ0n) is 15.0. The molecule has 2 N–H and O–H groups in total. The van der Waals surface area contributed by atoms with Crippen LogP contribution in [0.1, 0.15) is 18.4 Å². The van der Waals surface area contributed by atoms with Crippen molar-refractivity contribution in [2.75, 3.05) is 18.0 Å². The molecule has 1 heterocycles. The summed E-state index contributed by atoms with van der Waals surface area (Å²) >= 11 is 0. The van der Waals surface area contributed by atoms with Crippen molar-refractivity contribution in [3.05, 3.63) is 64.0 Å². The molecule has 1 aliphatic rings. The smallest absolute Gasteiger partial charge is 0.293 e. The molecule has 0 aliphatic carbocycles. The van der Waals surface area contributed by atoms with Crippen molar-refractivity contribution in [3.63, 3.8) is 0 Å². The van der Waals surface area contributed by atoms with Gasteiger partial charge in [-0.15, -0.1) is 0 Å². The standard InChI is InChI=1S/C18H20FN3O5S/c19-14-3-1-13(2-4-14)12-27-15-7-9-21(10-8-15)17-6-5-16(28(20,25)26)11-18(17)22(23)24/h1-6,11,15H,7-10,12H2,(H2,20,25,26). The first-order valence-electron chi connectivity index (χ1n) is 8.66. The van der Waals surface area contributed by atoms with Crippen molar-refractivity contribution in [1.82, 2.24) is 0 Å². The molecule has 150 valence electrons. The van der Waals surface area contributed by atoms with E-state index in [9.17, 15) is 22.9 Å². The normalized spacial score (nSPS) is 15.6. The van der Waals surface area contributed by atoms with E-state index in [4.69, 9.17) is 9.88 Å². The number of primary sulfonamides is 1. The third-order valence-corrected chi connectivity index (χ3v) is 5.56. The van der Waals surface area contributed by atoms with Gasteiger partial charge in [-0.1, -0.05) is 12.1 Å². The lowest BCUT2D eigenvalue weighted by Crippen LogP contribution is -2.37. The highest BCUT2D eigenvalue weighted by atomic mass is 32.2. The number of hydrogen-bond donors (Lipinski definition) is 1. The Labute approximate surface area is 161 Å². The number of halogens is 1. The van der Waals surface area contributed by atoms with E-state index in [0.717, 1.165) is 11.6 Å². The monoisotopic (exact) mass is 409 g/mol. The molecule has 0 amide bonds. The maximum atomic E-state index is 12.9.